The third-order valence-electron chi connectivity index (χ3n) is 3.22. The number of nitrogens with zero attached hydrogens (tertiary/aromatic N) is 1. The number of anilines is 1. The second-order valence-corrected chi connectivity index (χ2v) is 4.21. The Morgan fingerprint density at radius 2 is 1.81 bits per heavy atom. The van der Waals surface area contributed by atoms with Crippen LogP contribution < -0.4 is 4.90 Å². The first-order chi connectivity index (χ1) is 7.83. The molecule has 2 heteroatoms. The van der Waals surface area contributed by atoms with Crippen molar-refractivity contribution in [3.8, 4) is 0 Å². The molecule has 2 nitrogen and oxygen atoms in total. The molecule has 0 radical (unpaired) electrons. The van der Waals surface area contributed by atoms with Gasteiger partial charge in [0.15, 0.2) is 0 Å². The van der Waals surface area contributed by atoms with Crippen molar-refractivity contribution in [2.24, 2.45) is 0 Å². The lowest BCUT2D eigenvalue weighted by Gasteiger charge is -2.29. The molecule has 0 unspecified atom stereocenters. The Kier molecular flexibility index (Phi) is 3.43. The second kappa shape index (κ2) is 5.00. The standard InChI is InChI=1S/C14H17NO/c1-2-12-3-5-14(6-4-12)15-9-7-13(11-16)8-10-15/h3-6H,2,7-10H2,1H3. The Labute approximate surface area is 96.6 Å². The quantitative estimate of drug-likeness (QED) is 0.707. The Morgan fingerprint density at radius 1 is 1.19 bits per heavy atom. The highest BCUT2D eigenvalue weighted by Gasteiger charge is 2.14. The van der Waals surface area contributed by atoms with Crippen molar-refractivity contribution in [1.82, 2.24) is 0 Å². The number of hydrogen-bond donors (Lipinski definition) is 0. The first kappa shape index (κ1) is 11.0. The van der Waals surface area contributed by atoms with Crippen LogP contribution in [-0.2, 0) is 11.2 Å². The van der Waals surface area contributed by atoms with Crippen molar-refractivity contribution < 1.29 is 4.79 Å². The van der Waals surface area contributed by atoms with Gasteiger partial charge in [0.2, 0.25) is 0 Å². The van der Waals surface area contributed by atoms with Gasteiger partial charge in [-0.15, -0.1) is 0 Å². The summed E-state index contributed by atoms with van der Waals surface area (Å²) in [6, 6.07) is 8.71. The maximum absolute atomic E-state index is 10.5. The van der Waals surface area contributed by atoms with Gasteiger partial charge in [0, 0.05) is 24.4 Å². The van der Waals surface area contributed by atoms with Crippen LogP contribution in [0.4, 0.5) is 5.69 Å². The van der Waals surface area contributed by atoms with Gasteiger partial charge in [0.1, 0.15) is 5.94 Å². The van der Waals surface area contributed by atoms with Crippen molar-refractivity contribution >= 4 is 11.6 Å². The number of rotatable bonds is 2. The first-order valence-corrected chi connectivity index (χ1v) is 5.90. The van der Waals surface area contributed by atoms with Crippen LogP contribution >= 0.6 is 0 Å². The minimum Gasteiger partial charge on any atom is -0.371 e. The van der Waals surface area contributed by atoms with E-state index in [4.69, 9.17) is 0 Å². The molecule has 1 heterocycles. The molecule has 0 bridgehead atoms. The maximum Gasteiger partial charge on any atom is 0.123 e. The zero-order valence-corrected chi connectivity index (χ0v) is 9.70. The predicted molar refractivity (Wildman–Crippen MR) is 66.5 cm³/mol. The molecule has 0 aliphatic carbocycles. The average Bonchev–Trinajstić information content (AvgIpc) is 2.39. The maximum atomic E-state index is 10.5. The van der Waals surface area contributed by atoms with Crippen LogP contribution in [0.2, 0.25) is 0 Å². The molecule has 84 valence electrons. The summed E-state index contributed by atoms with van der Waals surface area (Å²) in [6.07, 6.45) is 2.80. The van der Waals surface area contributed by atoms with Crippen LogP contribution in [0.1, 0.15) is 25.3 Å². The molecule has 0 aromatic heterocycles. The molecule has 0 spiro atoms. The summed E-state index contributed by atoms with van der Waals surface area (Å²) in [5, 5.41) is 0. The van der Waals surface area contributed by atoms with E-state index in [1.165, 1.54) is 11.3 Å². The summed E-state index contributed by atoms with van der Waals surface area (Å²) >= 11 is 0. The molecule has 1 aromatic carbocycles. The van der Waals surface area contributed by atoms with Crippen LogP contribution in [0.25, 0.3) is 0 Å². The molecule has 16 heavy (non-hydrogen) atoms. The predicted octanol–water partition coefficient (Wildman–Crippen LogP) is 2.61. The number of piperidine rings is 1. The lowest BCUT2D eigenvalue weighted by Crippen LogP contribution is -2.30. The Balaban J connectivity index is 2.05. The summed E-state index contributed by atoms with van der Waals surface area (Å²) in [4.78, 5) is 12.8. The van der Waals surface area contributed by atoms with Crippen LogP contribution in [0.5, 0.6) is 0 Å². The zero-order chi connectivity index (χ0) is 11.4. The van der Waals surface area contributed by atoms with E-state index in [2.05, 4.69) is 36.1 Å². The molecule has 1 aliphatic rings. The van der Waals surface area contributed by atoms with Crippen LogP contribution in [0.3, 0.4) is 0 Å². The van der Waals surface area contributed by atoms with Crippen LogP contribution in [0.15, 0.2) is 29.8 Å². The van der Waals surface area contributed by atoms with E-state index >= 15 is 0 Å². The highest BCUT2D eigenvalue weighted by molar-refractivity contribution is 5.55. The van der Waals surface area contributed by atoms with E-state index in [-0.39, 0.29) is 0 Å². The molecular weight excluding hydrogens is 198 g/mol. The van der Waals surface area contributed by atoms with Crippen molar-refractivity contribution in [3.63, 3.8) is 0 Å². The smallest absolute Gasteiger partial charge is 0.123 e. The fraction of sp³-hybridized carbons (Fsp3) is 0.429. The monoisotopic (exact) mass is 215 g/mol. The summed E-state index contributed by atoms with van der Waals surface area (Å²) < 4.78 is 0. The van der Waals surface area contributed by atoms with E-state index in [0.717, 1.165) is 37.9 Å². The molecule has 1 aromatic rings. The Morgan fingerprint density at radius 3 is 2.31 bits per heavy atom. The lowest BCUT2D eigenvalue weighted by atomic mass is 10.0. The third kappa shape index (κ3) is 2.34. The fourth-order valence-electron chi connectivity index (χ4n) is 2.08. The van der Waals surface area contributed by atoms with E-state index in [1.54, 1.807) is 0 Å². The van der Waals surface area contributed by atoms with Crippen LogP contribution in [0, 0.1) is 0 Å². The third-order valence-corrected chi connectivity index (χ3v) is 3.22. The molecule has 0 N–H and O–H groups in total. The van der Waals surface area contributed by atoms with Gasteiger partial charge in [-0.1, -0.05) is 19.1 Å². The van der Waals surface area contributed by atoms with E-state index in [0.29, 0.717) is 0 Å². The highest BCUT2D eigenvalue weighted by atomic mass is 16.1. The van der Waals surface area contributed by atoms with E-state index in [9.17, 15) is 4.79 Å². The molecule has 0 amide bonds. The van der Waals surface area contributed by atoms with Gasteiger partial charge in [-0.05, 0) is 37.0 Å². The largest absolute Gasteiger partial charge is 0.371 e. The summed E-state index contributed by atoms with van der Waals surface area (Å²) in [5.41, 5.74) is 3.57. The van der Waals surface area contributed by atoms with E-state index in [1.807, 2.05) is 5.94 Å². The molecule has 2 rings (SSSR count). The zero-order valence-electron chi connectivity index (χ0n) is 9.70. The molecule has 1 aliphatic heterocycles. The molecular formula is C14H17NO. The van der Waals surface area contributed by atoms with Crippen LogP contribution in [-0.4, -0.2) is 19.0 Å². The van der Waals surface area contributed by atoms with Gasteiger partial charge in [0.25, 0.3) is 0 Å². The van der Waals surface area contributed by atoms with Gasteiger partial charge in [-0.3, -0.25) is 0 Å². The number of carbonyl (C=O) groups excluding carboxylic acids is 1. The van der Waals surface area contributed by atoms with Crippen molar-refractivity contribution in [2.75, 3.05) is 18.0 Å². The van der Waals surface area contributed by atoms with E-state index < -0.39 is 0 Å². The van der Waals surface area contributed by atoms with Crippen molar-refractivity contribution in [2.45, 2.75) is 26.2 Å². The molecule has 0 atom stereocenters. The fourth-order valence-corrected chi connectivity index (χ4v) is 2.08. The van der Waals surface area contributed by atoms with Gasteiger partial charge in [-0.2, -0.15) is 0 Å². The number of hydrogen-bond acceptors (Lipinski definition) is 2. The second-order valence-electron chi connectivity index (χ2n) is 4.21. The minimum absolute atomic E-state index is 0.860. The highest BCUT2D eigenvalue weighted by Crippen LogP contribution is 2.21. The normalized spacial score (nSPS) is 16.1. The first-order valence-electron chi connectivity index (χ1n) is 5.90. The Bertz CT molecular complexity index is 391. The summed E-state index contributed by atoms with van der Waals surface area (Å²) in [5.74, 6) is 2.03. The Hall–Kier alpha value is -1.53. The average molecular weight is 215 g/mol. The minimum atomic E-state index is 0.860. The summed E-state index contributed by atoms with van der Waals surface area (Å²) in [6.45, 7) is 4.04. The van der Waals surface area contributed by atoms with Gasteiger partial charge >= 0.3 is 0 Å². The topological polar surface area (TPSA) is 20.3 Å². The molecule has 1 fully saturated rings. The lowest BCUT2D eigenvalue weighted by molar-refractivity contribution is 0.561. The van der Waals surface area contributed by atoms with Crippen molar-refractivity contribution in [3.05, 3.63) is 35.4 Å². The van der Waals surface area contributed by atoms with Gasteiger partial charge in [0.05, 0.1) is 0 Å². The van der Waals surface area contributed by atoms with Gasteiger partial charge < -0.3 is 4.90 Å². The van der Waals surface area contributed by atoms with Gasteiger partial charge in [-0.25, -0.2) is 4.79 Å². The molecule has 1 saturated heterocycles. The number of benzene rings is 1. The SMILES string of the molecule is CCc1ccc(N2CCC(=C=O)CC2)cc1. The summed E-state index contributed by atoms with van der Waals surface area (Å²) in [7, 11) is 0. The molecule has 0 saturated carbocycles. The van der Waals surface area contributed by atoms with Crippen molar-refractivity contribution in [1.29, 1.82) is 0 Å². The number of aryl methyl sites for hydroxylation is 1.